The summed E-state index contributed by atoms with van der Waals surface area (Å²) < 4.78 is 1.15. The predicted octanol–water partition coefficient (Wildman–Crippen LogP) is 2.92. The Balaban J connectivity index is 0.000000640. The molecule has 0 fully saturated rings. The highest BCUT2D eigenvalue weighted by molar-refractivity contribution is 9.10. The maximum absolute atomic E-state index is 3.36. The fraction of sp³-hybridized carbons (Fsp3) is 0.143. The zero-order chi connectivity index (χ0) is 5.98. The van der Waals surface area contributed by atoms with Gasteiger partial charge < -0.3 is 6.15 Å². The van der Waals surface area contributed by atoms with Gasteiger partial charge in [-0.2, -0.15) is 0 Å². The van der Waals surface area contributed by atoms with Gasteiger partial charge in [0.05, 0.1) is 0 Å². The van der Waals surface area contributed by atoms with Crippen LogP contribution in [0.25, 0.3) is 0 Å². The molecule has 0 radical (unpaired) electrons. The van der Waals surface area contributed by atoms with Crippen LogP contribution in [0.1, 0.15) is 5.56 Å². The second-order valence-corrected chi connectivity index (χ2v) is 2.71. The highest BCUT2D eigenvalue weighted by Gasteiger charge is 1.82. The van der Waals surface area contributed by atoms with E-state index in [1.54, 1.807) is 0 Å². The molecule has 0 aliphatic heterocycles. The molecule has 0 unspecified atom stereocenters. The summed E-state index contributed by atoms with van der Waals surface area (Å²) in [7, 11) is 0. The standard InChI is InChI=1S/C7H7Br.H3N/c1-6-3-2-4-7(8)5-6;/h2-5H,1H3;1H3. The highest BCUT2D eigenvalue weighted by Crippen LogP contribution is 2.09. The molecular weight excluding hydrogens is 178 g/mol. The molecule has 0 spiro atoms. The first-order chi connectivity index (χ1) is 3.79. The number of benzene rings is 1. The van der Waals surface area contributed by atoms with Gasteiger partial charge in [0, 0.05) is 4.47 Å². The summed E-state index contributed by atoms with van der Waals surface area (Å²) in [5, 5.41) is 0. The molecule has 0 aromatic heterocycles. The van der Waals surface area contributed by atoms with Gasteiger partial charge in [0.2, 0.25) is 0 Å². The summed E-state index contributed by atoms with van der Waals surface area (Å²) in [5.41, 5.74) is 1.29. The lowest BCUT2D eigenvalue weighted by Gasteiger charge is -1.89. The van der Waals surface area contributed by atoms with E-state index in [1.165, 1.54) is 5.56 Å². The van der Waals surface area contributed by atoms with Gasteiger partial charge in [-0.25, -0.2) is 0 Å². The monoisotopic (exact) mass is 187 g/mol. The maximum Gasteiger partial charge on any atom is 0.0177 e. The molecule has 3 N–H and O–H groups in total. The molecule has 9 heavy (non-hydrogen) atoms. The molecule has 0 aliphatic carbocycles. The van der Waals surface area contributed by atoms with Crippen LogP contribution in [0.15, 0.2) is 28.7 Å². The van der Waals surface area contributed by atoms with Crippen LogP contribution >= 0.6 is 15.9 Å². The van der Waals surface area contributed by atoms with Crippen molar-refractivity contribution in [1.82, 2.24) is 6.15 Å². The van der Waals surface area contributed by atoms with Gasteiger partial charge in [-0.15, -0.1) is 0 Å². The second kappa shape index (κ2) is 3.64. The summed E-state index contributed by atoms with van der Waals surface area (Å²) in [6.07, 6.45) is 0. The Hall–Kier alpha value is -0.340. The lowest BCUT2D eigenvalue weighted by atomic mass is 10.2. The van der Waals surface area contributed by atoms with Gasteiger partial charge in [0.1, 0.15) is 0 Å². The van der Waals surface area contributed by atoms with Crippen molar-refractivity contribution in [2.24, 2.45) is 0 Å². The first kappa shape index (κ1) is 8.66. The normalized spacial score (nSPS) is 8.22. The minimum atomic E-state index is 0. The fourth-order valence-electron chi connectivity index (χ4n) is 0.606. The van der Waals surface area contributed by atoms with Crippen LogP contribution < -0.4 is 6.15 Å². The van der Waals surface area contributed by atoms with Crippen LogP contribution in [0.3, 0.4) is 0 Å². The van der Waals surface area contributed by atoms with Crippen LogP contribution in [0.4, 0.5) is 0 Å². The Kier molecular flexibility index (Phi) is 3.50. The summed E-state index contributed by atoms with van der Waals surface area (Å²) in [6.45, 7) is 2.07. The number of hydrogen-bond donors (Lipinski definition) is 1. The Morgan fingerprint density at radius 2 is 2.00 bits per heavy atom. The Bertz CT molecular complexity index is 169. The van der Waals surface area contributed by atoms with Crippen molar-refractivity contribution in [3.63, 3.8) is 0 Å². The van der Waals surface area contributed by atoms with E-state index < -0.39 is 0 Å². The third-order valence-electron chi connectivity index (χ3n) is 0.980. The molecule has 0 aliphatic rings. The van der Waals surface area contributed by atoms with Gasteiger partial charge in [-0.3, -0.25) is 0 Å². The molecule has 1 rings (SSSR count). The quantitative estimate of drug-likeness (QED) is 0.667. The molecule has 50 valence electrons. The molecular formula is C7H10BrN. The van der Waals surface area contributed by atoms with Crippen LogP contribution in [0.2, 0.25) is 0 Å². The zero-order valence-electron chi connectivity index (χ0n) is 5.39. The molecule has 1 aromatic rings. The molecule has 0 amide bonds. The fourth-order valence-corrected chi connectivity index (χ4v) is 1.12. The van der Waals surface area contributed by atoms with E-state index in [2.05, 4.69) is 35.0 Å². The lowest BCUT2D eigenvalue weighted by Crippen LogP contribution is -1.67. The summed E-state index contributed by atoms with van der Waals surface area (Å²) in [5.74, 6) is 0. The predicted molar refractivity (Wildman–Crippen MR) is 43.9 cm³/mol. The number of aryl methyl sites for hydroxylation is 1. The van der Waals surface area contributed by atoms with E-state index in [9.17, 15) is 0 Å². The van der Waals surface area contributed by atoms with Crippen molar-refractivity contribution in [2.75, 3.05) is 0 Å². The topological polar surface area (TPSA) is 35.0 Å². The van der Waals surface area contributed by atoms with Crippen LogP contribution in [-0.2, 0) is 0 Å². The van der Waals surface area contributed by atoms with Gasteiger partial charge in [0.15, 0.2) is 0 Å². The zero-order valence-corrected chi connectivity index (χ0v) is 6.98. The number of rotatable bonds is 0. The van der Waals surface area contributed by atoms with Crippen molar-refractivity contribution in [1.29, 1.82) is 0 Å². The summed E-state index contributed by atoms with van der Waals surface area (Å²) >= 11 is 3.36. The first-order valence-electron chi connectivity index (χ1n) is 2.51. The Labute approximate surface area is 63.8 Å². The van der Waals surface area contributed by atoms with Crippen LogP contribution in [-0.4, -0.2) is 0 Å². The van der Waals surface area contributed by atoms with Crippen LogP contribution in [0.5, 0.6) is 0 Å². The Morgan fingerprint density at radius 1 is 1.33 bits per heavy atom. The molecule has 1 aromatic carbocycles. The second-order valence-electron chi connectivity index (χ2n) is 1.80. The van der Waals surface area contributed by atoms with Gasteiger partial charge in [-0.05, 0) is 19.1 Å². The van der Waals surface area contributed by atoms with Crippen molar-refractivity contribution in [3.05, 3.63) is 34.3 Å². The van der Waals surface area contributed by atoms with Gasteiger partial charge >= 0.3 is 0 Å². The molecule has 0 saturated carbocycles. The minimum absolute atomic E-state index is 0. The smallest absolute Gasteiger partial charge is 0.0177 e. The van der Waals surface area contributed by atoms with Crippen molar-refractivity contribution in [3.8, 4) is 0 Å². The maximum atomic E-state index is 3.36. The number of hydrogen-bond acceptors (Lipinski definition) is 1. The van der Waals surface area contributed by atoms with E-state index >= 15 is 0 Å². The average molecular weight is 188 g/mol. The lowest BCUT2D eigenvalue weighted by molar-refractivity contribution is 1.45. The highest BCUT2D eigenvalue weighted by atomic mass is 79.9. The number of halogens is 1. The molecule has 1 nitrogen and oxygen atoms in total. The first-order valence-corrected chi connectivity index (χ1v) is 3.30. The SMILES string of the molecule is Cc1cccc(Br)c1.N. The third-order valence-corrected chi connectivity index (χ3v) is 1.47. The van der Waals surface area contributed by atoms with Crippen molar-refractivity contribution < 1.29 is 0 Å². The third kappa shape index (κ3) is 2.63. The van der Waals surface area contributed by atoms with E-state index in [0.717, 1.165) is 4.47 Å². The Morgan fingerprint density at radius 3 is 2.33 bits per heavy atom. The minimum Gasteiger partial charge on any atom is -0.344 e. The van der Waals surface area contributed by atoms with Gasteiger partial charge in [0.25, 0.3) is 0 Å². The summed E-state index contributed by atoms with van der Waals surface area (Å²) in [4.78, 5) is 0. The molecule has 0 atom stereocenters. The van der Waals surface area contributed by atoms with Crippen LogP contribution in [0, 0.1) is 6.92 Å². The van der Waals surface area contributed by atoms with E-state index in [4.69, 9.17) is 0 Å². The van der Waals surface area contributed by atoms with E-state index in [1.807, 2.05) is 12.1 Å². The molecule has 0 bridgehead atoms. The molecule has 0 saturated heterocycles. The molecule has 2 heteroatoms. The van der Waals surface area contributed by atoms with Crippen molar-refractivity contribution >= 4 is 15.9 Å². The summed E-state index contributed by atoms with van der Waals surface area (Å²) in [6, 6.07) is 8.21. The van der Waals surface area contributed by atoms with E-state index in [0.29, 0.717) is 0 Å². The van der Waals surface area contributed by atoms with Crippen molar-refractivity contribution in [2.45, 2.75) is 6.92 Å². The average Bonchev–Trinajstić information content (AvgIpc) is 1.64. The molecule has 0 heterocycles. The largest absolute Gasteiger partial charge is 0.344 e. The van der Waals surface area contributed by atoms with E-state index in [-0.39, 0.29) is 6.15 Å². The van der Waals surface area contributed by atoms with Gasteiger partial charge in [-0.1, -0.05) is 33.6 Å².